The van der Waals surface area contributed by atoms with Crippen LogP contribution >= 0.6 is 0 Å². The minimum Gasteiger partial charge on any atom is -0.315 e. The van der Waals surface area contributed by atoms with Gasteiger partial charge >= 0.3 is 0 Å². The molecule has 1 aliphatic heterocycles. The Morgan fingerprint density at radius 3 is 2.67 bits per heavy atom. The Balaban J connectivity index is 2.27. The Morgan fingerprint density at radius 2 is 2.17 bits per heavy atom. The fourth-order valence-corrected chi connectivity index (χ4v) is 1.45. The summed E-state index contributed by atoms with van der Waals surface area (Å²) in [7, 11) is 0. The highest BCUT2D eigenvalue weighted by atomic mass is 19.1. The average molecular weight is 165 g/mol. The molecule has 1 aliphatic rings. The van der Waals surface area contributed by atoms with E-state index in [9.17, 15) is 4.39 Å². The standard InChI is InChI=1S/C10H12FN/c1-7-4-8(2-3-10(7)11)9-5-12-6-9/h2-4,9,12H,5-6H2,1H3. The van der Waals surface area contributed by atoms with Gasteiger partial charge in [-0.25, -0.2) is 4.39 Å². The zero-order valence-electron chi connectivity index (χ0n) is 7.10. The predicted octanol–water partition coefficient (Wildman–Crippen LogP) is 1.82. The van der Waals surface area contributed by atoms with E-state index in [-0.39, 0.29) is 5.82 Å². The van der Waals surface area contributed by atoms with Gasteiger partial charge in [-0.05, 0) is 24.1 Å². The Morgan fingerprint density at radius 1 is 1.42 bits per heavy atom. The van der Waals surface area contributed by atoms with Gasteiger partial charge in [0.25, 0.3) is 0 Å². The molecule has 0 spiro atoms. The molecule has 1 nitrogen and oxygen atoms in total. The van der Waals surface area contributed by atoms with Crippen molar-refractivity contribution in [2.45, 2.75) is 12.8 Å². The maximum absolute atomic E-state index is 12.9. The molecule has 0 bridgehead atoms. The van der Waals surface area contributed by atoms with Gasteiger partial charge in [0.1, 0.15) is 5.82 Å². The molecule has 0 unspecified atom stereocenters. The van der Waals surface area contributed by atoms with E-state index in [2.05, 4.69) is 5.32 Å². The summed E-state index contributed by atoms with van der Waals surface area (Å²) in [4.78, 5) is 0. The van der Waals surface area contributed by atoms with Crippen LogP contribution in [-0.2, 0) is 0 Å². The van der Waals surface area contributed by atoms with Gasteiger partial charge < -0.3 is 5.32 Å². The highest BCUT2D eigenvalue weighted by molar-refractivity contribution is 5.28. The van der Waals surface area contributed by atoms with Gasteiger partial charge in [-0.1, -0.05) is 12.1 Å². The molecule has 64 valence electrons. The van der Waals surface area contributed by atoms with Crippen LogP contribution in [0.15, 0.2) is 18.2 Å². The Kier molecular flexibility index (Phi) is 1.85. The lowest BCUT2D eigenvalue weighted by Gasteiger charge is -2.27. The summed E-state index contributed by atoms with van der Waals surface area (Å²) >= 11 is 0. The summed E-state index contributed by atoms with van der Waals surface area (Å²) in [6.45, 7) is 3.88. The fraction of sp³-hybridized carbons (Fsp3) is 0.400. The molecule has 0 saturated carbocycles. The van der Waals surface area contributed by atoms with Crippen molar-refractivity contribution in [3.8, 4) is 0 Å². The Bertz CT molecular complexity index is 292. The van der Waals surface area contributed by atoms with Crippen LogP contribution in [0.1, 0.15) is 17.0 Å². The summed E-state index contributed by atoms with van der Waals surface area (Å²) in [5.74, 6) is 0.496. The molecule has 0 atom stereocenters. The average Bonchev–Trinajstić information content (AvgIpc) is 1.93. The van der Waals surface area contributed by atoms with Crippen LogP contribution in [0.5, 0.6) is 0 Å². The first-order valence-electron chi connectivity index (χ1n) is 4.24. The SMILES string of the molecule is Cc1cc(C2CNC2)ccc1F. The van der Waals surface area contributed by atoms with E-state index < -0.39 is 0 Å². The lowest BCUT2D eigenvalue weighted by atomic mass is 9.93. The summed E-state index contributed by atoms with van der Waals surface area (Å²) in [5.41, 5.74) is 2.01. The minimum absolute atomic E-state index is 0.106. The monoisotopic (exact) mass is 165 g/mol. The van der Waals surface area contributed by atoms with E-state index in [0.717, 1.165) is 18.7 Å². The second-order valence-corrected chi connectivity index (χ2v) is 3.36. The largest absolute Gasteiger partial charge is 0.315 e. The first-order valence-corrected chi connectivity index (χ1v) is 4.24. The third-order valence-electron chi connectivity index (χ3n) is 2.43. The van der Waals surface area contributed by atoms with E-state index in [1.54, 1.807) is 6.07 Å². The van der Waals surface area contributed by atoms with Gasteiger partial charge in [0.2, 0.25) is 0 Å². The van der Waals surface area contributed by atoms with Crippen LogP contribution in [0.3, 0.4) is 0 Å². The van der Waals surface area contributed by atoms with Crippen LogP contribution in [0, 0.1) is 12.7 Å². The van der Waals surface area contributed by atoms with Crippen LogP contribution < -0.4 is 5.32 Å². The molecule has 1 N–H and O–H groups in total. The van der Waals surface area contributed by atoms with Gasteiger partial charge in [-0.15, -0.1) is 0 Å². The first kappa shape index (κ1) is 7.74. The van der Waals surface area contributed by atoms with Crippen molar-refractivity contribution in [2.24, 2.45) is 0 Å². The summed E-state index contributed by atoms with van der Waals surface area (Å²) in [5, 5.41) is 3.20. The molecule has 0 radical (unpaired) electrons. The molecule has 2 heteroatoms. The zero-order valence-corrected chi connectivity index (χ0v) is 7.10. The highest BCUT2D eigenvalue weighted by Gasteiger charge is 2.18. The second-order valence-electron chi connectivity index (χ2n) is 3.36. The van der Waals surface area contributed by atoms with Crippen molar-refractivity contribution < 1.29 is 4.39 Å². The molecule has 0 aliphatic carbocycles. The summed E-state index contributed by atoms with van der Waals surface area (Å²) in [6.07, 6.45) is 0. The van der Waals surface area contributed by atoms with E-state index in [1.165, 1.54) is 5.56 Å². The molecule has 1 heterocycles. The van der Waals surface area contributed by atoms with Crippen molar-refractivity contribution >= 4 is 0 Å². The number of hydrogen-bond acceptors (Lipinski definition) is 1. The summed E-state index contributed by atoms with van der Waals surface area (Å²) < 4.78 is 12.9. The van der Waals surface area contributed by atoms with Gasteiger partial charge in [0, 0.05) is 19.0 Å². The third-order valence-corrected chi connectivity index (χ3v) is 2.43. The molecule has 1 aromatic carbocycles. The van der Waals surface area contributed by atoms with Crippen LogP contribution in [0.25, 0.3) is 0 Å². The molecule has 0 amide bonds. The number of aryl methyl sites for hydroxylation is 1. The maximum Gasteiger partial charge on any atom is 0.126 e. The normalized spacial score (nSPS) is 17.5. The minimum atomic E-state index is -0.106. The van der Waals surface area contributed by atoms with Crippen molar-refractivity contribution in [1.82, 2.24) is 5.32 Å². The van der Waals surface area contributed by atoms with Gasteiger partial charge in [-0.2, -0.15) is 0 Å². The van der Waals surface area contributed by atoms with E-state index in [0.29, 0.717) is 5.92 Å². The van der Waals surface area contributed by atoms with Crippen molar-refractivity contribution in [3.63, 3.8) is 0 Å². The quantitative estimate of drug-likeness (QED) is 0.669. The molecule has 12 heavy (non-hydrogen) atoms. The first-order chi connectivity index (χ1) is 5.77. The van der Waals surface area contributed by atoms with E-state index >= 15 is 0 Å². The van der Waals surface area contributed by atoms with Gasteiger partial charge in [0.05, 0.1) is 0 Å². The number of rotatable bonds is 1. The number of halogens is 1. The molecule has 1 aromatic rings. The van der Waals surface area contributed by atoms with Gasteiger partial charge in [-0.3, -0.25) is 0 Å². The molecular weight excluding hydrogens is 153 g/mol. The van der Waals surface area contributed by atoms with Crippen LogP contribution in [0.2, 0.25) is 0 Å². The lowest BCUT2D eigenvalue weighted by molar-refractivity contribution is 0.447. The topological polar surface area (TPSA) is 12.0 Å². The Labute approximate surface area is 71.6 Å². The van der Waals surface area contributed by atoms with Crippen LogP contribution in [-0.4, -0.2) is 13.1 Å². The van der Waals surface area contributed by atoms with Crippen molar-refractivity contribution in [3.05, 3.63) is 35.1 Å². The maximum atomic E-state index is 12.9. The van der Waals surface area contributed by atoms with Crippen molar-refractivity contribution in [2.75, 3.05) is 13.1 Å². The van der Waals surface area contributed by atoms with Crippen molar-refractivity contribution in [1.29, 1.82) is 0 Å². The molecule has 1 fully saturated rings. The third kappa shape index (κ3) is 1.23. The number of hydrogen-bond donors (Lipinski definition) is 1. The van der Waals surface area contributed by atoms with E-state index in [1.807, 2.05) is 19.1 Å². The van der Waals surface area contributed by atoms with E-state index in [4.69, 9.17) is 0 Å². The summed E-state index contributed by atoms with van der Waals surface area (Å²) in [6, 6.07) is 5.39. The molecule has 1 saturated heterocycles. The molecular formula is C10H12FN. The predicted molar refractivity (Wildman–Crippen MR) is 46.7 cm³/mol. The zero-order chi connectivity index (χ0) is 8.55. The van der Waals surface area contributed by atoms with Crippen LogP contribution in [0.4, 0.5) is 4.39 Å². The molecule has 2 rings (SSSR count). The molecule has 0 aromatic heterocycles. The highest BCUT2D eigenvalue weighted by Crippen LogP contribution is 2.21. The smallest absolute Gasteiger partial charge is 0.126 e. The lowest BCUT2D eigenvalue weighted by Crippen LogP contribution is -2.39. The fourth-order valence-electron chi connectivity index (χ4n) is 1.45. The Hall–Kier alpha value is -0.890. The second kappa shape index (κ2) is 2.87. The number of benzene rings is 1. The van der Waals surface area contributed by atoms with Gasteiger partial charge in [0.15, 0.2) is 0 Å². The number of nitrogens with one attached hydrogen (secondary N) is 1.